The third-order valence-electron chi connectivity index (χ3n) is 4.48. The van der Waals surface area contributed by atoms with Crippen LogP contribution in [0.4, 0.5) is 0 Å². The van der Waals surface area contributed by atoms with E-state index in [2.05, 4.69) is 31.2 Å². The van der Waals surface area contributed by atoms with Gasteiger partial charge in [-0.25, -0.2) is 0 Å². The zero-order valence-corrected chi connectivity index (χ0v) is 12.8. The summed E-state index contributed by atoms with van der Waals surface area (Å²) in [4.78, 5) is 0. The average molecular weight is 264 g/mol. The molecule has 1 fully saturated rings. The Morgan fingerprint density at radius 3 is 2.47 bits per heavy atom. The SMILES string of the molecule is Cc1cc(CNCC2CCC(C(C)(C)C)CC2)on1. The average Bonchev–Trinajstić information content (AvgIpc) is 2.75. The third kappa shape index (κ3) is 4.34. The molecule has 0 aliphatic heterocycles. The number of aromatic nitrogens is 1. The quantitative estimate of drug-likeness (QED) is 0.895. The molecule has 0 amide bonds. The van der Waals surface area contributed by atoms with Crippen LogP contribution in [0.2, 0.25) is 0 Å². The van der Waals surface area contributed by atoms with Gasteiger partial charge in [-0.15, -0.1) is 0 Å². The van der Waals surface area contributed by atoms with E-state index in [-0.39, 0.29) is 0 Å². The summed E-state index contributed by atoms with van der Waals surface area (Å²) in [6, 6.07) is 2.00. The van der Waals surface area contributed by atoms with Crippen molar-refractivity contribution in [3.8, 4) is 0 Å². The minimum atomic E-state index is 0.482. The first kappa shape index (κ1) is 14.6. The second kappa shape index (κ2) is 6.08. The largest absolute Gasteiger partial charge is 0.360 e. The van der Waals surface area contributed by atoms with Gasteiger partial charge in [-0.1, -0.05) is 25.9 Å². The van der Waals surface area contributed by atoms with Crippen LogP contribution in [0.1, 0.15) is 57.9 Å². The van der Waals surface area contributed by atoms with Gasteiger partial charge < -0.3 is 9.84 Å². The van der Waals surface area contributed by atoms with Crippen molar-refractivity contribution < 1.29 is 4.52 Å². The van der Waals surface area contributed by atoms with Crippen molar-refractivity contribution in [2.24, 2.45) is 17.3 Å². The van der Waals surface area contributed by atoms with Crippen LogP contribution in [-0.4, -0.2) is 11.7 Å². The van der Waals surface area contributed by atoms with E-state index in [1.165, 1.54) is 25.7 Å². The van der Waals surface area contributed by atoms with Gasteiger partial charge in [0.25, 0.3) is 0 Å². The third-order valence-corrected chi connectivity index (χ3v) is 4.48. The summed E-state index contributed by atoms with van der Waals surface area (Å²) in [6.07, 6.45) is 5.50. The molecular weight excluding hydrogens is 236 g/mol. The molecule has 0 spiro atoms. The normalized spacial score (nSPS) is 24.6. The number of nitrogens with zero attached hydrogens (tertiary/aromatic N) is 1. The molecule has 2 rings (SSSR count). The molecule has 0 unspecified atom stereocenters. The lowest BCUT2D eigenvalue weighted by atomic mass is 9.70. The van der Waals surface area contributed by atoms with Crippen LogP contribution in [0.15, 0.2) is 10.6 Å². The van der Waals surface area contributed by atoms with Crippen LogP contribution in [-0.2, 0) is 6.54 Å². The predicted molar refractivity (Wildman–Crippen MR) is 77.8 cm³/mol. The highest BCUT2D eigenvalue weighted by Gasteiger charge is 2.29. The first-order chi connectivity index (χ1) is 8.95. The number of hydrogen-bond acceptors (Lipinski definition) is 3. The van der Waals surface area contributed by atoms with Gasteiger partial charge in [0.1, 0.15) is 0 Å². The maximum absolute atomic E-state index is 5.20. The molecule has 1 aliphatic carbocycles. The highest BCUT2D eigenvalue weighted by atomic mass is 16.5. The Bertz CT molecular complexity index is 384. The fourth-order valence-electron chi connectivity index (χ4n) is 3.13. The van der Waals surface area contributed by atoms with Crippen LogP contribution in [0.5, 0.6) is 0 Å². The Hall–Kier alpha value is -0.830. The highest BCUT2D eigenvalue weighted by Crippen LogP contribution is 2.39. The summed E-state index contributed by atoms with van der Waals surface area (Å²) in [5, 5.41) is 7.41. The van der Waals surface area contributed by atoms with E-state index < -0.39 is 0 Å². The molecule has 0 bridgehead atoms. The van der Waals surface area contributed by atoms with Crippen LogP contribution < -0.4 is 5.32 Å². The number of nitrogens with one attached hydrogen (secondary N) is 1. The molecule has 19 heavy (non-hydrogen) atoms. The first-order valence-corrected chi connectivity index (χ1v) is 7.58. The van der Waals surface area contributed by atoms with E-state index in [9.17, 15) is 0 Å². The van der Waals surface area contributed by atoms with E-state index in [0.717, 1.165) is 36.4 Å². The van der Waals surface area contributed by atoms with E-state index in [1.807, 2.05) is 13.0 Å². The van der Waals surface area contributed by atoms with Crippen LogP contribution in [0, 0.1) is 24.2 Å². The van der Waals surface area contributed by atoms with Gasteiger partial charge in [0, 0.05) is 6.07 Å². The lowest BCUT2D eigenvalue weighted by Gasteiger charge is -2.37. The lowest BCUT2D eigenvalue weighted by Crippen LogP contribution is -2.30. The van der Waals surface area contributed by atoms with Crippen LogP contribution in [0.3, 0.4) is 0 Å². The standard InChI is InChI=1S/C16H28N2O/c1-12-9-15(19-18-12)11-17-10-13-5-7-14(8-6-13)16(2,3)4/h9,13-14,17H,5-8,10-11H2,1-4H3. The van der Waals surface area contributed by atoms with Crippen molar-refractivity contribution >= 4 is 0 Å². The number of aryl methyl sites for hydroxylation is 1. The van der Waals surface area contributed by atoms with E-state index in [4.69, 9.17) is 4.52 Å². The highest BCUT2D eigenvalue weighted by molar-refractivity contribution is 5.02. The molecule has 0 aromatic carbocycles. The maximum atomic E-state index is 5.20. The molecule has 3 heteroatoms. The van der Waals surface area contributed by atoms with Crippen LogP contribution in [0.25, 0.3) is 0 Å². The smallest absolute Gasteiger partial charge is 0.150 e. The van der Waals surface area contributed by atoms with Gasteiger partial charge in [0.15, 0.2) is 5.76 Å². The van der Waals surface area contributed by atoms with Crippen LogP contribution >= 0.6 is 0 Å². The molecule has 1 aromatic rings. The maximum Gasteiger partial charge on any atom is 0.150 e. The second-order valence-electron chi connectivity index (χ2n) is 7.15. The van der Waals surface area contributed by atoms with Crippen molar-refractivity contribution in [2.75, 3.05) is 6.54 Å². The summed E-state index contributed by atoms with van der Waals surface area (Å²) < 4.78 is 5.20. The monoisotopic (exact) mass is 264 g/mol. The van der Waals surface area contributed by atoms with Gasteiger partial charge >= 0.3 is 0 Å². The van der Waals surface area contributed by atoms with Crippen molar-refractivity contribution in [3.63, 3.8) is 0 Å². The molecule has 1 heterocycles. The summed E-state index contributed by atoms with van der Waals surface area (Å²) in [5.41, 5.74) is 1.44. The van der Waals surface area contributed by atoms with Crippen molar-refractivity contribution in [3.05, 3.63) is 17.5 Å². The summed E-state index contributed by atoms with van der Waals surface area (Å²) in [5.74, 6) is 2.68. The van der Waals surface area contributed by atoms with Crippen molar-refractivity contribution in [1.29, 1.82) is 0 Å². The Morgan fingerprint density at radius 2 is 1.95 bits per heavy atom. The van der Waals surface area contributed by atoms with Gasteiger partial charge in [-0.3, -0.25) is 0 Å². The molecule has 0 atom stereocenters. The van der Waals surface area contributed by atoms with Gasteiger partial charge in [-0.05, 0) is 56.4 Å². The molecule has 1 aliphatic rings. The molecule has 0 radical (unpaired) electrons. The predicted octanol–water partition coefficient (Wildman–Crippen LogP) is 3.93. The Kier molecular flexibility index (Phi) is 4.67. The van der Waals surface area contributed by atoms with E-state index >= 15 is 0 Å². The lowest BCUT2D eigenvalue weighted by molar-refractivity contribution is 0.148. The molecule has 1 aromatic heterocycles. The van der Waals surface area contributed by atoms with E-state index in [0.29, 0.717) is 5.41 Å². The zero-order chi connectivity index (χ0) is 13.9. The Morgan fingerprint density at radius 1 is 1.26 bits per heavy atom. The number of rotatable bonds is 4. The van der Waals surface area contributed by atoms with Crippen molar-refractivity contribution in [2.45, 2.75) is 59.9 Å². The Labute approximate surface area is 117 Å². The summed E-state index contributed by atoms with van der Waals surface area (Å²) in [6.45, 7) is 11.0. The van der Waals surface area contributed by atoms with E-state index in [1.54, 1.807) is 0 Å². The fraction of sp³-hybridized carbons (Fsp3) is 0.812. The molecular formula is C16H28N2O. The Balaban J connectivity index is 1.66. The number of hydrogen-bond donors (Lipinski definition) is 1. The summed E-state index contributed by atoms with van der Waals surface area (Å²) in [7, 11) is 0. The summed E-state index contributed by atoms with van der Waals surface area (Å²) >= 11 is 0. The first-order valence-electron chi connectivity index (χ1n) is 7.58. The molecule has 1 saturated carbocycles. The van der Waals surface area contributed by atoms with Gasteiger partial charge in [0.2, 0.25) is 0 Å². The molecule has 1 N–H and O–H groups in total. The molecule has 3 nitrogen and oxygen atoms in total. The zero-order valence-electron chi connectivity index (χ0n) is 12.8. The minimum absolute atomic E-state index is 0.482. The van der Waals surface area contributed by atoms with Gasteiger partial charge in [0.05, 0.1) is 12.2 Å². The second-order valence-corrected chi connectivity index (χ2v) is 7.15. The minimum Gasteiger partial charge on any atom is -0.360 e. The fourth-order valence-corrected chi connectivity index (χ4v) is 3.13. The topological polar surface area (TPSA) is 38.1 Å². The van der Waals surface area contributed by atoms with Crippen molar-refractivity contribution in [1.82, 2.24) is 10.5 Å². The molecule has 108 valence electrons. The molecule has 0 saturated heterocycles. The van der Waals surface area contributed by atoms with Gasteiger partial charge in [-0.2, -0.15) is 0 Å².